The highest BCUT2D eigenvalue weighted by Gasteiger charge is 2.26. The molecule has 9 heavy (non-hydrogen) atoms. The average Bonchev–Trinajstić information content (AvgIpc) is 1.78. The third-order valence-electron chi connectivity index (χ3n) is 1.46. The SMILES string of the molecule is CC1(N)CCC(=O)OC1. The highest BCUT2D eigenvalue weighted by Crippen LogP contribution is 2.15. The molecule has 1 rings (SSSR count). The molecule has 3 heteroatoms. The van der Waals surface area contributed by atoms with E-state index in [1.807, 2.05) is 6.92 Å². The average molecular weight is 129 g/mol. The summed E-state index contributed by atoms with van der Waals surface area (Å²) < 4.78 is 4.73. The second kappa shape index (κ2) is 1.99. The summed E-state index contributed by atoms with van der Waals surface area (Å²) in [7, 11) is 0. The van der Waals surface area contributed by atoms with Gasteiger partial charge < -0.3 is 10.5 Å². The van der Waals surface area contributed by atoms with Gasteiger partial charge in [-0.25, -0.2) is 0 Å². The van der Waals surface area contributed by atoms with Crippen LogP contribution in [-0.4, -0.2) is 18.1 Å². The molecule has 0 aliphatic carbocycles. The Labute approximate surface area is 54.2 Å². The van der Waals surface area contributed by atoms with E-state index in [9.17, 15) is 4.79 Å². The van der Waals surface area contributed by atoms with E-state index in [2.05, 4.69) is 0 Å². The summed E-state index contributed by atoms with van der Waals surface area (Å²) >= 11 is 0. The summed E-state index contributed by atoms with van der Waals surface area (Å²) in [5, 5.41) is 0. The number of rotatable bonds is 0. The molecule has 1 aliphatic rings. The molecule has 1 heterocycles. The number of esters is 1. The van der Waals surface area contributed by atoms with Gasteiger partial charge in [-0.1, -0.05) is 0 Å². The maximum absolute atomic E-state index is 10.5. The smallest absolute Gasteiger partial charge is 0.305 e. The second-order valence-electron chi connectivity index (χ2n) is 2.81. The Bertz CT molecular complexity index is 119. The molecule has 1 atom stereocenters. The summed E-state index contributed by atoms with van der Waals surface area (Å²) in [4.78, 5) is 10.5. The van der Waals surface area contributed by atoms with E-state index in [0.29, 0.717) is 13.0 Å². The standard InChI is InChI=1S/C6H11NO2/c1-6(7)3-2-5(8)9-4-6/h2-4,7H2,1H3. The van der Waals surface area contributed by atoms with E-state index >= 15 is 0 Å². The van der Waals surface area contributed by atoms with Crippen LogP contribution in [0.4, 0.5) is 0 Å². The number of carbonyl (C=O) groups excluding carboxylic acids is 1. The molecule has 1 fully saturated rings. The molecule has 0 aromatic carbocycles. The largest absolute Gasteiger partial charge is 0.464 e. The van der Waals surface area contributed by atoms with Gasteiger partial charge in [-0.2, -0.15) is 0 Å². The van der Waals surface area contributed by atoms with Crippen molar-refractivity contribution in [2.24, 2.45) is 5.73 Å². The molecule has 0 spiro atoms. The van der Waals surface area contributed by atoms with Crippen LogP contribution >= 0.6 is 0 Å². The molecule has 52 valence electrons. The van der Waals surface area contributed by atoms with Crippen LogP contribution in [0, 0.1) is 0 Å². The lowest BCUT2D eigenvalue weighted by Crippen LogP contribution is -2.45. The normalized spacial score (nSPS) is 36.0. The highest BCUT2D eigenvalue weighted by atomic mass is 16.5. The van der Waals surface area contributed by atoms with Crippen LogP contribution in [0.1, 0.15) is 19.8 Å². The first-order chi connectivity index (χ1) is 4.10. The van der Waals surface area contributed by atoms with Crippen LogP contribution in [0.25, 0.3) is 0 Å². The Kier molecular flexibility index (Phi) is 1.45. The van der Waals surface area contributed by atoms with Gasteiger partial charge in [0.25, 0.3) is 0 Å². The van der Waals surface area contributed by atoms with Gasteiger partial charge in [-0.05, 0) is 13.3 Å². The fourth-order valence-corrected chi connectivity index (χ4v) is 0.777. The Hall–Kier alpha value is -0.570. The van der Waals surface area contributed by atoms with Crippen molar-refractivity contribution in [3.8, 4) is 0 Å². The number of nitrogens with two attached hydrogens (primary N) is 1. The van der Waals surface area contributed by atoms with Crippen molar-refractivity contribution in [3.63, 3.8) is 0 Å². The van der Waals surface area contributed by atoms with Gasteiger partial charge in [0.05, 0.1) is 0 Å². The van der Waals surface area contributed by atoms with Gasteiger partial charge in [0.2, 0.25) is 0 Å². The van der Waals surface area contributed by atoms with E-state index in [1.54, 1.807) is 0 Å². The third kappa shape index (κ3) is 1.68. The number of hydrogen-bond acceptors (Lipinski definition) is 3. The van der Waals surface area contributed by atoms with E-state index in [1.165, 1.54) is 0 Å². The molecule has 1 unspecified atom stereocenters. The highest BCUT2D eigenvalue weighted by molar-refractivity contribution is 5.70. The molecule has 0 aromatic heterocycles. The van der Waals surface area contributed by atoms with Crippen LogP contribution in [0.2, 0.25) is 0 Å². The minimum atomic E-state index is -0.284. The molecule has 0 radical (unpaired) electrons. The van der Waals surface area contributed by atoms with Crippen molar-refractivity contribution in [2.45, 2.75) is 25.3 Å². The zero-order valence-electron chi connectivity index (χ0n) is 5.52. The van der Waals surface area contributed by atoms with Crippen LogP contribution in [0.15, 0.2) is 0 Å². The van der Waals surface area contributed by atoms with Crippen molar-refractivity contribution < 1.29 is 9.53 Å². The third-order valence-corrected chi connectivity index (χ3v) is 1.46. The zero-order valence-corrected chi connectivity index (χ0v) is 5.52. The summed E-state index contributed by atoms with van der Waals surface area (Å²) in [6.07, 6.45) is 1.21. The lowest BCUT2D eigenvalue weighted by molar-refractivity contribution is -0.150. The van der Waals surface area contributed by atoms with Crippen molar-refractivity contribution in [2.75, 3.05) is 6.61 Å². The van der Waals surface area contributed by atoms with Gasteiger partial charge >= 0.3 is 5.97 Å². The Morgan fingerprint density at radius 3 is 2.78 bits per heavy atom. The number of hydrogen-bond donors (Lipinski definition) is 1. The fraction of sp³-hybridized carbons (Fsp3) is 0.833. The van der Waals surface area contributed by atoms with E-state index in [-0.39, 0.29) is 11.5 Å². The van der Waals surface area contributed by atoms with Crippen molar-refractivity contribution in [1.29, 1.82) is 0 Å². The second-order valence-corrected chi connectivity index (χ2v) is 2.81. The van der Waals surface area contributed by atoms with Crippen LogP contribution in [0.5, 0.6) is 0 Å². The molecule has 0 saturated carbocycles. The Morgan fingerprint density at radius 2 is 2.44 bits per heavy atom. The molecule has 0 amide bonds. The van der Waals surface area contributed by atoms with Crippen LogP contribution in [0.3, 0.4) is 0 Å². The minimum Gasteiger partial charge on any atom is -0.464 e. The molecule has 2 N–H and O–H groups in total. The Balaban J connectivity index is 2.44. The lowest BCUT2D eigenvalue weighted by Gasteiger charge is -2.27. The fourth-order valence-electron chi connectivity index (χ4n) is 0.777. The van der Waals surface area contributed by atoms with Crippen molar-refractivity contribution >= 4 is 5.97 Å². The summed E-state index contributed by atoms with van der Waals surface area (Å²) in [6, 6.07) is 0. The molecule has 1 saturated heterocycles. The predicted octanol–water partition coefficient (Wildman–Crippen LogP) is 0.0408. The molecular weight excluding hydrogens is 118 g/mol. The number of carbonyl (C=O) groups is 1. The maximum Gasteiger partial charge on any atom is 0.305 e. The first-order valence-corrected chi connectivity index (χ1v) is 3.05. The molecule has 0 aromatic rings. The minimum absolute atomic E-state index is 0.127. The van der Waals surface area contributed by atoms with Gasteiger partial charge in [-0.15, -0.1) is 0 Å². The number of cyclic esters (lactones) is 1. The van der Waals surface area contributed by atoms with Crippen molar-refractivity contribution in [3.05, 3.63) is 0 Å². The van der Waals surface area contributed by atoms with Crippen LogP contribution < -0.4 is 5.73 Å². The van der Waals surface area contributed by atoms with E-state index < -0.39 is 0 Å². The van der Waals surface area contributed by atoms with Gasteiger partial charge in [-0.3, -0.25) is 4.79 Å². The van der Waals surface area contributed by atoms with Crippen molar-refractivity contribution in [1.82, 2.24) is 0 Å². The molecule has 1 aliphatic heterocycles. The van der Waals surface area contributed by atoms with Gasteiger partial charge in [0.15, 0.2) is 0 Å². The topological polar surface area (TPSA) is 52.3 Å². The molecule has 3 nitrogen and oxygen atoms in total. The summed E-state index contributed by atoms with van der Waals surface area (Å²) in [6.45, 7) is 2.26. The van der Waals surface area contributed by atoms with Crippen LogP contribution in [-0.2, 0) is 9.53 Å². The Morgan fingerprint density at radius 1 is 1.78 bits per heavy atom. The van der Waals surface area contributed by atoms with E-state index in [4.69, 9.17) is 10.5 Å². The lowest BCUT2D eigenvalue weighted by atomic mass is 9.96. The molecular formula is C6H11NO2. The number of ether oxygens (including phenoxy) is 1. The van der Waals surface area contributed by atoms with Gasteiger partial charge in [0, 0.05) is 12.0 Å². The van der Waals surface area contributed by atoms with Gasteiger partial charge in [0.1, 0.15) is 6.61 Å². The maximum atomic E-state index is 10.5. The molecule has 0 bridgehead atoms. The quantitative estimate of drug-likeness (QED) is 0.470. The summed E-state index contributed by atoms with van der Waals surface area (Å²) in [5.74, 6) is -0.127. The monoisotopic (exact) mass is 129 g/mol. The first-order valence-electron chi connectivity index (χ1n) is 3.05. The van der Waals surface area contributed by atoms with E-state index in [0.717, 1.165) is 6.42 Å². The zero-order chi connectivity index (χ0) is 6.91. The first kappa shape index (κ1) is 6.55. The summed E-state index contributed by atoms with van der Waals surface area (Å²) in [5.41, 5.74) is 5.38. The predicted molar refractivity (Wildman–Crippen MR) is 32.8 cm³/mol.